The first-order chi connectivity index (χ1) is 9.72. The Balaban J connectivity index is 1.62. The van der Waals surface area contributed by atoms with Crippen LogP contribution in [0, 0.1) is 11.8 Å². The van der Waals surface area contributed by atoms with Gasteiger partial charge in [0.15, 0.2) is 0 Å². The summed E-state index contributed by atoms with van der Waals surface area (Å²) in [6.45, 7) is 2.33. The standard InChI is InChI=1S/C17H24N2O/c1-12-5-2-3-8-16(12)18-14-6-4-7-15(11-14)19-17(20)13-9-10-13/h4,6-7,11-13,16,18H,2-3,5,8-10H2,1H3,(H,19,20). The van der Waals surface area contributed by atoms with Crippen molar-refractivity contribution in [2.75, 3.05) is 10.6 Å². The Kier molecular flexibility index (Phi) is 3.95. The number of benzene rings is 1. The summed E-state index contributed by atoms with van der Waals surface area (Å²) in [4.78, 5) is 11.8. The van der Waals surface area contributed by atoms with Gasteiger partial charge in [0.05, 0.1) is 0 Å². The number of hydrogen-bond donors (Lipinski definition) is 2. The summed E-state index contributed by atoms with van der Waals surface area (Å²) in [6.07, 6.45) is 7.33. The van der Waals surface area contributed by atoms with Crippen molar-refractivity contribution in [3.63, 3.8) is 0 Å². The number of carbonyl (C=O) groups is 1. The molecule has 0 heterocycles. The minimum absolute atomic E-state index is 0.174. The molecule has 2 aliphatic carbocycles. The molecule has 3 heteroatoms. The summed E-state index contributed by atoms with van der Waals surface area (Å²) >= 11 is 0. The van der Waals surface area contributed by atoms with Crippen molar-refractivity contribution in [2.24, 2.45) is 11.8 Å². The highest BCUT2D eigenvalue weighted by Gasteiger charge is 2.29. The Bertz CT molecular complexity index is 482. The predicted molar refractivity (Wildman–Crippen MR) is 82.8 cm³/mol. The van der Waals surface area contributed by atoms with Crippen molar-refractivity contribution < 1.29 is 4.79 Å². The average Bonchev–Trinajstić information content (AvgIpc) is 3.26. The number of anilines is 2. The van der Waals surface area contributed by atoms with E-state index >= 15 is 0 Å². The molecular formula is C17H24N2O. The van der Waals surface area contributed by atoms with E-state index in [9.17, 15) is 4.79 Å². The molecule has 1 aromatic carbocycles. The number of nitrogens with one attached hydrogen (secondary N) is 2. The quantitative estimate of drug-likeness (QED) is 0.869. The third-order valence-electron chi connectivity index (χ3n) is 4.54. The fourth-order valence-electron chi connectivity index (χ4n) is 3.02. The van der Waals surface area contributed by atoms with E-state index in [-0.39, 0.29) is 11.8 Å². The van der Waals surface area contributed by atoms with Gasteiger partial charge in [-0.3, -0.25) is 4.79 Å². The van der Waals surface area contributed by atoms with Gasteiger partial charge in [0.1, 0.15) is 0 Å². The molecule has 0 spiro atoms. The van der Waals surface area contributed by atoms with Gasteiger partial charge in [0.25, 0.3) is 0 Å². The molecule has 1 aromatic rings. The van der Waals surface area contributed by atoms with Crippen LogP contribution in [0.3, 0.4) is 0 Å². The fraction of sp³-hybridized carbons (Fsp3) is 0.588. The minimum atomic E-state index is 0.174. The summed E-state index contributed by atoms with van der Waals surface area (Å²) in [6, 6.07) is 8.70. The number of rotatable bonds is 4. The molecule has 2 unspecified atom stereocenters. The summed E-state index contributed by atoms with van der Waals surface area (Å²) in [5.74, 6) is 1.16. The van der Waals surface area contributed by atoms with Crippen LogP contribution in [0.1, 0.15) is 45.4 Å². The van der Waals surface area contributed by atoms with Gasteiger partial charge in [0, 0.05) is 23.3 Å². The topological polar surface area (TPSA) is 41.1 Å². The molecule has 1 amide bonds. The smallest absolute Gasteiger partial charge is 0.227 e. The maximum atomic E-state index is 11.8. The van der Waals surface area contributed by atoms with Crippen LogP contribution >= 0.6 is 0 Å². The molecule has 20 heavy (non-hydrogen) atoms. The Morgan fingerprint density at radius 2 is 1.85 bits per heavy atom. The second-order valence-electron chi connectivity index (χ2n) is 6.36. The summed E-state index contributed by atoms with van der Waals surface area (Å²) in [5.41, 5.74) is 2.03. The Labute approximate surface area is 121 Å². The zero-order chi connectivity index (χ0) is 13.9. The second kappa shape index (κ2) is 5.86. The van der Waals surface area contributed by atoms with E-state index in [1.165, 1.54) is 25.7 Å². The molecule has 2 fully saturated rings. The molecule has 108 valence electrons. The molecule has 0 aliphatic heterocycles. The van der Waals surface area contributed by atoms with E-state index in [1.54, 1.807) is 0 Å². The van der Waals surface area contributed by atoms with Crippen LogP contribution in [0.15, 0.2) is 24.3 Å². The molecular weight excluding hydrogens is 248 g/mol. The first kappa shape index (κ1) is 13.5. The first-order valence-corrected chi connectivity index (χ1v) is 7.90. The molecule has 0 radical (unpaired) electrons. The lowest BCUT2D eigenvalue weighted by Gasteiger charge is -2.30. The highest BCUT2D eigenvalue weighted by molar-refractivity contribution is 5.94. The van der Waals surface area contributed by atoms with Crippen LogP contribution in [-0.2, 0) is 4.79 Å². The third kappa shape index (κ3) is 3.33. The molecule has 0 aromatic heterocycles. The maximum Gasteiger partial charge on any atom is 0.227 e. The average molecular weight is 272 g/mol. The van der Waals surface area contributed by atoms with Gasteiger partial charge in [-0.1, -0.05) is 25.8 Å². The maximum absolute atomic E-state index is 11.8. The van der Waals surface area contributed by atoms with Crippen molar-refractivity contribution >= 4 is 17.3 Å². The van der Waals surface area contributed by atoms with Gasteiger partial charge in [-0.25, -0.2) is 0 Å². The molecule has 2 atom stereocenters. The molecule has 3 nitrogen and oxygen atoms in total. The monoisotopic (exact) mass is 272 g/mol. The normalized spacial score (nSPS) is 26.1. The first-order valence-electron chi connectivity index (χ1n) is 7.90. The van der Waals surface area contributed by atoms with Gasteiger partial charge >= 0.3 is 0 Å². The van der Waals surface area contributed by atoms with E-state index in [4.69, 9.17) is 0 Å². The van der Waals surface area contributed by atoms with Crippen molar-refractivity contribution in [3.05, 3.63) is 24.3 Å². The predicted octanol–water partition coefficient (Wildman–Crippen LogP) is 4.03. The summed E-state index contributed by atoms with van der Waals surface area (Å²) in [7, 11) is 0. The highest BCUT2D eigenvalue weighted by atomic mass is 16.2. The largest absolute Gasteiger partial charge is 0.382 e. The zero-order valence-electron chi connectivity index (χ0n) is 12.2. The van der Waals surface area contributed by atoms with Crippen molar-refractivity contribution in [3.8, 4) is 0 Å². The molecule has 0 saturated heterocycles. The summed E-state index contributed by atoms with van der Waals surface area (Å²) in [5, 5.41) is 6.65. The van der Waals surface area contributed by atoms with Crippen LogP contribution in [-0.4, -0.2) is 11.9 Å². The Morgan fingerprint density at radius 3 is 2.60 bits per heavy atom. The van der Waals surface area contributed by atoms with Crippen molar-refractivity contribution in [1.29, 1.82) is 0 Å². The number of hydrogen-bond acceptors (Lipinski definition) is 2. The van der Waals surface area contributed by atoms with E-state index < -0.39 is 0 Å². The van der Waals surface area contributed by atoms with Gasteiger partial charge in [-0.2, -0.15) is 0 Å². The molecule has 2 aliphatic rings. The Morgan fingerprint density at radius 1 is 1.10 bits per heavy atom. The Hall–Kier alpha value is -1.51. The second-order valence-corrected chi connectivity index (χ2v) is 6.36. The van der Waals surface area contributed by atoms with Crippen LogP contribution in [0.2, 0.25) is 0 Å². The van der Waals surface area contributed by atoms with Gasteiger partial charge < -0.3 is 10.6 Å². The van der Waals surface area contributed by atoms with Crippen LogP contribution in [0.25, 0.3) is 0 Å². The lowest BCUT2D eigenvalue weighted by molar-refractivity contribution is -0.117. The molecule has 2 N–H and O–H groups in total. The van der Waals surface area contributed by atoms with Gasteiger partial charge in [0.2, 0.25) is 5.91 Å². The fourth-order valence-corrected chi connectivity index (χ4v) is 3.02. The molecule has 2 saturated carbocycles. The molecule has 3 rings (SSSR count). The lowest BCUT2D eigenvalue weighted by Crippen LogP contribution is -2.30. The summed E-state index contributed by atoms with van der Waals surface area (Å²) < 4.78 is 0. The zero-order valence-corrected chi connectivity index (χ0v) is 12.2. The van der Waals surface area contributed by atoms with Gasteiger partial charge in [-0.15, -0.1) is 0 Å². The minimum Gasteiger partial charge on any atom is -0.382 e. The van der Waals surface area contributed by atoms with Crippen LogP contribution in [0.5, 0.6) is 0 Å². The van der Waals surface area contributed by atoms with E-state index in [1.807, 2.05) is 12.1 Å². The lowest BCUT2D eigenvalue weighted by atomic mass is 9.86. The SMILES string of the molecule is CC1CCCCC1Nc1cccc(NC(=O)C2CC2)c1. The van der Waals surface area contributed by atoms with Crippen LogP contribution < -0.4 is 10.6 Å². The number of carbonyl (C=O) groups excluding carboxylic acids is 1. The van der Waals surface area contributed by atoms with Crippen molar-refractivity contribution in [1.82, 2.24) is 0 Å². The number of amides is 1. The van der Waals surface area contributed by atoms with E-state index in [2.05, 4.69) is 29.7 Å². The van der Waals surface area contributed by atoms with Gasteiger partial charge in [-0.05, 0) is 49.8 Å². The van der Waals surface area contributed by atoms with Crippen LogP contribution in [0.4, 0.5) is 11.4 Å². The van der Waals surface area contributed by atoms with Crippen molar-refractivity contribution in [2.45, 2.75) is 51.5 Å². The van der Waals surface area contributed by atoms with E-state index in [0.29, 0.717) is 6.04 Å². The molecule has 0 bridgehead atoms. The van der Waals surface area contributed by atoms with E-state index in [0.717, 1.165) is 30.1 Å². The third-order valence-corrected chi connectivity index (χ3v) is 4.54. The highest BCUT2D eigenvalue weighted by Crippen LogP contribution is 2.31.